The van der Waals surface area contributed by atoms with Crippen LogP contribution in [0.5, 0.6) is 0 Å². The number of fused-ring (bicyclic) bond motifs is 3. The maximum Gasteiger partial charge on any atom is 0.167 e. The number of aliphatic hydroxyl groups is 1. The Kier molecular flexibility index (Phi) is 11.9. The second kappa shape index (κ2) is 14.0. The Morgan fingerprint density at radius 3 is 2.10 bits per heavy atom. The van der Waals surface area contributed by atoms with E-state index in [0.717, 1.165) is 48.0 Å². The molecule has 0 aliphatic rings. The van der Waals surface area contributed by atoms with E-state index in [2.05, 4.69) is 75.5 Å². The standard InChI is InChI=1S/C19H14NS.C16H30O2.Ir/c1-12-9-13(2)11-14(10-12)18-19-16(7-8-21-19)15-5-3-4-6-17(15)20-18;1-8-15(6,9-2)13(17)12(5)14(18)16(7,10-3)11-4;/h3-10H,1-2H3;17H,8-11H2,1-7H3;/q-1;;/b;13-12-;. The van der Waals surface area contributed by atoms with Gasteiger partial charge in [0.2, 0.25) is 0 Å². The van der Waals surface area contributed by atoms with Gasteiger partial charge >= 0.3 is 0 Å². The SMILES string of the molecule is CCC(C)(CC)C(=O)/C(C)=C(\O)C(C)(CC)CC.Cc1[c-]c(-c2nc3ccccc3c3ccsc23)cc(C)c1.[Ir]. The summed E-state index contributed by atoms with van der Waals surface area (Å²) in [6.45, 7) is 18.2. The molecule has 0 fully saturated rings. The summed E-state index contributed by atoms with van der Waals surface area (Å²) in [5.74, 6) is 0.378. The van der Waals surface area contributed by atoms with Crippen LogP contribution < -0.4 is 0 Å². The number of allylic oxidation sites excluding steroid dienone is 2. The molecule has 217 valence electrons. The molecule has 5 heteroatoms. The number of aliphatic hydroxyl groups excluding tert-OH is 1. The van der Waals surface area contributed by atoms with Gasteiger partial charge in [0.1, 0.15) is 5.76 Å². The molecule has 2 aromatic heterocycles. The fourth-order valence-electron chi connectivity index (χ4n) is 5.05. The number of carbonyl (C=O) groups excluding carboxylic acids is 1. The first-order valence-electron chi connectivity index (χ1n) is 14.2. The number of rotatable bonds is 8. The first-order valence-corrected chi connectivity index (χ1v) is 15.0. The number of ketones is 1. The van der Waals surface area contributed by atoms with Gasteiger partial charge in [-0.15, -0.1) is 34.9 Å². The minimum Gasteiger partial charge on any atom is -0.511 e. The molecule has 0 saturated heterocycles. The third-order valence-electron chi connectivity index (χ3n) is 8.65. The van der Waals surface area contributed by atoms with Crippen molar-refractivity contribution in [3.05, 3.63) is 76.4 Å². The molecule has 0 spiro atoms. The van der Waals surface area contributed by atoms with Crippen LogP contribution in [-0.4, -0.2) is 15.9 Å². The van der Waals surface area contributed by atoms with Gasteiger partial charge in [-0.2, -0.15) is 11.3 Å². The number of benzene rings is 2. The first kappa shape index (κ1) is 33.9. The number of hydrogen-bond donors (Lipinski definition) is 1. The van der Waals surface area contributed by atoms with Gasteiger partial charge in [-0.1, -0.05) is 73.6 Å². The molecule has 1 radical (unpaired) electrons. The van der Waals surface area contributed by atoms with Crippen molar-refractivity contribution in [2.45, 2.75) is 88.0 Å². The summed E-state index contributed by atoms with van der Waals surface area (Å²) in [7, 11) is 0. The van der Waals surface area contributed by atoms with E-state index in [-0.39, 0.29) is 42.5 Å². The van der Waals surface area contributed by atoms with Crippen LogP contribution in [0.3, 0.4) is 0 Å². The summed E-state index contributed by atoms with van der Waals surface area (Å²) in [6.07, 6.45) is 3.30. The average Bonchev–Trinajstić information content (AvgIpc) is 3.45. The van der Waals surface area contributed by atoms with E-state index < -0.39 is 0 Å². The van der Waals surface area contributed by atoms with Gasteiger partial charge in [-0.3, -0.25) is 9.78 Å². The van der Waals surface area contributed by atoms with Crippen LogP contribution in [0.15, 0.2) is 59.2 Å². The molecule has 0 atom stereocenters. The predicted octanol–water partition coefficient (Wildman–Crippen LogP) is 10.6. The van der Waals surface area contributed by atoms with Crippen molar-refractivity contribution in [1.82, 2.24) is 4.98 Å². The molecular weight excluding hydrogens is 691 g/mol. The van der Waals surface area contributed by atoms with E-state index in [1.54, 1.807) is 18.3 Å². The second-order valence-electron chi connectivity index (χ2n) is 11.2. The van der Waals surface area contributed by atoms with Crippen LogP contribution in [0.25, 0.3) is 32.2 Å². The van der Waals surface area contributed by atoms with Crippen LogP contribution in [-0.2, 0) is 24.9 Å². The van der Waals surface area contributed by atoms with Crippen molar-refractivity contribution in [3.8, 4) is 11.3 Å². The van der Waals surface area contributed by atoms with E-state index in [9.17, 15) is 9.90 Å². The molecule has 0 aliphatic carbocycles. The molecule has 0 amide bonds. The number of aromatic nitrogens is 1. The zero-order chi connectivity index (χ0) is 29.0. The van der Waals surface area contributed by atoms with E-state index in [1.807, 2.05) is 33.8 Å². The molecule has 0 saturated carbocycles. The number of para-hydroxylation sites is 1. The number of thiophene rings is 1. The topological polar surface area (TPSA) is 50.2 Å². The Morgan fingerprint density at radius 2 is 1.52 bits per heavy atom. The first-order chi connectivity index (χ1) is 18.4. The molecule has 1 N–H and O–H groups in total. The smallest absolute Gasteiger partial charge is 0.167 e. The van der Waals surface area contributed by atoms with Gasteiger partial charge in [0, 0.05) is 52.3 Å². The van der Waals surface area contributed by atoms with Crippen LogP contribution in [0.4, 0.5) is 0 Å². The third kappa shape index (κ3) is 6.93. The van der Waals surface area contributed by atoms with Crippen LogP contribution in [0.1, 0.15) is 85.3 Å². The molecule has 0 bridgehead atoms. The van der Waals surface area contributed by atoms with E-state index in [4.69, 9.17) is 4.98 Å². The van der Waals surface area contributed by atoms with Crippen molar-refractivity contribution in [2.75, 3.05) is 0 Å². The third-order valence-corrected chi connectivity index (χ3v) is 9.57. The number of aryl methyl sites for hydroxylation is 2. The van der Waals surface area contributed by atoms with Crippen molar-refractivity contribution in [3.63, 3.8) is 0 Å². The van der Waals surface area contributed by atoms with Gasteiger partial charge in [0.05, 0.1) is 5.52 Å². The van der Waals surface area contributed by atoms with Gasteiger partial charge in [0.25, 0.3) is 0 Å². The quantitative estimate of drug-likeness (QED) is 0.111. The van der Waals surface area contributed by atoms with Crippen LogP contribution in [0, 0.1) is 30.7 Å². The molecule has 3 nitrogen and oxygen atoms in total. The number of nitrogens with zero attached hydrogens (tertiary/aromatic N) is 1. The Balaban J connectivity index is 0.000000278. The van der Waals surface area contributed by atoms with Crippen molar-refractivity contribution >= 4 is 38.1 Å². The zero-order valence-corrected chi connectivity index (χ0v) is 28.7. The predicted molar refractivity (Wildman–Crippen MR) is 169 cm³/mol. The monoisotopic (exact) mass is 735 g/mol. The summed E-state index contributed by atoms with van der Waals surface area (Å²) >= 11 is 1.75. The molecule has 40 heavy (non-hydrogen) atoms. The normalized spacial score (nSPS) is 12.4. The molecule has 0 unspecified atom stereocenters. The zero-order valence-electron chi connectivity index (χ0n) is 25.5. The minimum absolute atomic E-state index is 0. The summed E-state index contributed by atoms with van der Waals surface area (Å²) in [5, 5.41) is 15.1. The van der Waals surface area contributed by atoms with Crippen molar-refractivity contribution in [2.24, 2.45) is 10.8 Å². The van der Waals surface area contributed by atoms with Gasteiger partial charge < -0.3 is 5.11 Å². The van der Waals surface area contributed by atoms with E-state index >= 15 is 0 Å². The molecular formula is C35H44IrNO2S-. The summed E-state index contributed by atoms with van der Waals surface area (Å²) in [4.78, 5) is 17.4. The molecule has 4 aromatic rings. The average molecular weight is 735 g/mol. The molecule has 2 heterocycles. The fourth-order valence-corrected chi connectivity index (χ4v) is 5.96. The van der Waals surface area contributed by atoms with Crippen molar-refractivity contribution < 1.29 is 30.0 Å². The Bertz CT molecular complexity index is 1470. The Labute approximate surface area is 258 Å². The molecule has 2 aromatic carbocycles. The van der Waals surface area contributed by atoms with E-state index in [1.165, 1.54) is 21.0 Å². The Morgan fingerprint density at radius 1 is 0.925 bits per heavy atom. The maximum absolute atomic E-state index is 12.5. The molecule has 0 aliphatic heterocycles. The van der Waals surface area contributed by atoms with Crippen molar-refractivity contribution in [1.29, 1.82) is 0 Å². The number of Topliss-reactive ketones (excluding diaryl/α,β-unsaturated/α-hetero) is 1. The molecule has 4 rings (SSSR count). The van der Waals surface area contributed by atoms with Crippen LogP contribution >= 0.6 is 11.3 Å². The summed E-state index contributed by atoms with van der Waals surface area (Å²) in [6, 6.07) is 18.3. The van der Waals surface area contributed by atoms with Crippen LogP contribution in [0.2, 0.25) is 0 Å². The van der Waals surface area contributed by atoms with Gasteiger partial charge in [-0.25, -0.2) is 0 Å². The van der Waals surface area contributed by atoms with E-state index in [0.29, 0.717) is 5.57 Å². The fraction of sp³-hybridized carbons (Fsp3) is 0.429. The minimum atomic E-state index is -0.347. The largest absolute Gasteiger partial charge is 0.511 e. The number of carbonyl (C=O) groups is 1. The van der Waals surface area contributed by atoms with Gasteiger partial charge in [-0.05, 0) is 55.5 Å². The Hall–Kier alpha value is -2.33. The summed E-state index contributed by atoms with van der Waals surface area (Å²) < 4.78 is 1.25. The summed E-state index contributed by atoms with van der Waals surface area (Å²) in [5.41, 5.74) is 5.52. The van der Waals surface area contributed by atoms with Gasteiger partial charge in [0.15, 0.2) is 5.78 Å². The number of pyridine rings is 1. The second-order valence-corrected chi connectivity index (χ2v) is 12.1. The number of hydrogen-bond acceptors (Lipinski definition) is 4. The maximum atomic E-state index is 12.5.